The van der Waals surface area contributed by atoms with Gasteiger partial charge in [-0.3, -0.25) is 4.90 Å². The number of alkyl halides is 3. The van der Waals surface area contributed by atoms with Crippen LogP contribution in [0, 0.1) is 0 Å². The van der Waals surface area contributed by atoms with Gasteiger partial charge in [-0.05, 0) is 6.42 Å². The molecular formula is C9H15F3N2O2S. The molecule has 0 radical (unpaired) electrons. The van der Waals surface area contributed by atoms with E-state index in [9.17, 15) is 21.6 Å². The van der Waals surface area contributed by atoms with Crippen molar-refractivity contribution in [1.29, 1.82) is 0 Å². The summed E-state index contributed by atoms with van der Waals surface area (Å²) < 4.78 is 61.1. The lowest BCUT2D eigenvalue weighted by molar-refractivity contribution is -0.192. The van der Waals surface area contributed by atoms with Gasteiger partial charge in [0, 0.05) is 25.7 Å². The molecule has 1 N–H and O–H groups in total. The SMILES string of the molecule is O=S1(=O)CCC(N2CCNCC2C(F)(F)F)C1. The summed E-state index contributed by atoms with van der Waals surface area (Å²) >= 11 is 0. The van der Waals surface area contributed by atoms with Crippen molar-refractivity contribution in [3.8, 4) is 0 Å². The first-order valence-electron chi connectivity index (χ1n) is 5.53. The molecular weight excluding hydrogens is 257 g/mol. The van der Waals surface area contributed by atoms with E-state index in [2.05, 4.69) is 5.32 Å². The summed E-state index contributed by atoms with van der Waals surface area (Å²) in [6, 6.07) is -2.04. The average molecular weight is 272 g/mol. The molecule has 4 nitrogen and oxygen atoms in total. The molecule has 2 rings (SSSR count). The Balaban J connectivity index is 2.12. The zero-order chi connectivity index (χ0) is 12.7. The molecule has 0 aromatic heterocycles. The fourth-order valence-electron chi connectivity index (χ4n) is 2.50. The summed E-state index contributed by atoms with van der Waals surface area (Å²) in [6.45, 7) is 0.577. The van der Waals surface area contributed by atoms with Crippen LogP contribution in [-0.4, -0.2) is 62.7 Å². The van der Waals surface area contributed by atoms with E-state index < -0.39 is 28.1 Å². The van der Waals surface area contributed by atoms with Crippen LogP contribution in [0.3, 0.4) is 0 Å². The van der Waals surface area contributed by atoms with Gasteiger partial charge < -0.3 is 5.32 Å². The average Bonchev–Trinajstić information content (AvgIpc) is 2.58. The summed E-state index contributed by atoms with van der Waals surface area (Å²) in [4.78, 5) is 1.31. The highest BCUT2D eigenvalue weighted by atomic mass is 32.2. The first-order valence-corrected chi connectivity index (χ1v) is 7.35. The number of nitrogens with one attached hydrogen (secondary N) is 1. The second-order valence-electron chi connectivity index (χ2n) is 4.56. The molecule has 2 heterocycles. The van der Waals surface area contributed by atoms with Crippen LogP contribution in [-0.2, 0) is 9.84 Å². The molecule has 100 valence electrons. The normalized spacial score (nSPS) is 35.0. The van der Waals surface area contributed by atoms with Gasteiger partial charge in [-0.2, -0.15) is 13.2 Å². The quantitative estimate of drug-likeness (QED) is 0.730. The van der Waals surface area contributed by atoms with Crippen LogP contribution in [0.4, 0.5) is 13.2 Å². The molecule has 0 bridgehead atoms. The smallest absolute Gasteiger partial charge is 0.314 e. The van der Waals surface area contributed by atoms with Gasteiger partial charge in [-0.15, -0.1) is 0 Å². The van der Waals surface area contributed by atoms with Gasteiger partial charge in [0.1, 0.15) is 6.04 Å². The Kier molecular flexibility index (Phi) is 3.39. The Morgan fingerprint density at radius 2 is 2.00 bits per heavy atom. The Labute approximate surface area is 98.1 Å². The first kappa shape index (κ1) is 13.1. The number of piperazine rings is 1. The topological polar surface area (TPSA) is 49.4 Å². The Morgan fingerprint density at radius 3 is 2.53 bits per heavy atom. The monoisotopic (exact) mass is 272 g/mol. The van der Waals surface area contributed by atoms with Crippen LogP contribution in [0.25, 0.3) is 0 Å². The minimum Gasteiger partial charge on any atom is -0.314 e. The van der Waals surface area contributed by atoms with Crippen molar-refractivity contribution < 1.29 is 21.6 Å². The first-order chi connectivity index (χ1) is 7.80. The van der Waals surface area contributed by atoms with Gasteiger partial charge in [-0.25, -0.2) is 8.42 Å². The van der Waals surface area contributed by atoms with E-state index in [1.54, 1.807) is 0 Å². The number of sulfone groups is 1. The van der Waals surface area contributed by atoms with E-state index in [4.69, 9.17) is 0 Å². The van der Waals surface area contributed by atoms with Gasteiger partial charge in [-0.1, -0.05) is 0 Å². The molecule has 8 heteroatoms. The van der Waals surface area contributed by atoms with Crippen molar-refractivity contribution >= 4 is 9.84 Å². The molecule has 0 spiro atoms. The van der Waals surface area contributed by atoms with Crippen molar-refractivity contribution in [2.75, 3.05) is 31.1 Å². The van der Waals surface area contributed by atoms with E-state index in [1.165, 1.54) is 4.90 Å². The number of halogens is 3. The molecule has 0 aromatic carbocycles. The molecule has 0 aliphatic carbocycles. The molecule has 0 aromatic rings. The Bertz CT molecular complexity index is 382. The lowest BCUT2D eigenvalue weighted by Gasteiger charge is -2.40. The molecule has 2 atom stereocenters. The van der Waals surface area contributed by atoms with Crippen LogP contribution >= 0.6 is 0 Å². The van der Waals surface area contributed by atoms with Crippen LogP contribution in [0.2, 0.25) is 0 Å². The van der Waals surface area contributed by atoms with Gasteiger partial charge in [0.2, 0.25) is 0 Å². The van der Waals surface area contributed by atoms with Gasteiger partial charge >= 0.3 is 6.18 Å². The molecule has 2 saturated heterocycles. The maximum absolute atomic E-state index is 12.8. The molecule has 0 amide bonds. The predicted octanol–water partition coefficient (Wildman–Crippen LogP) is 0.00960. The molecule has 2 aliphatic heterocycles. The second kappa shape index (κ2) is 4.40. The minimum absolute atomic E-state index is 0.00612. The highest BCUT2D eigenvalue weighted by Crippen LogP contribution is 2.30. The van der Waals surface area contributed by atoms with E-state index in [1.807, 2.05) is 0 Å². The van der Waals surface area contributed by atoms with E-state index in [0.717, 1.165) is 0 Å². The summed E-state index contributed by atoms with van der Waals surface area (Å²) in [5.74, 6) is -0.133. The molecule has 0 saturated carbocycles. The lowest BCUT2D eigenvalue weighted by Crippen LogP contribution is -2.61. The van der Waals surface area contributed by atoms with Crippen LogP contribution in [0.5, 0.6) is 0 Å². The maximum Gasteiger partial charge on any atom is 0.405 e. The predicted molar refractivity (Wildman–Crippen MR) is 56.5 cm³/mol. The summed E-state index contributed by atoms with van der Waals surface area (Å²) in [5, 5.41) is 2.70. The standard InChI is InChI=1S/C9H15F3N2O2S/c10-9(11,12)8-5-13-2-3-14(8)7-1-4-17(15,16)6-7/h7-8,13H,1-6H2. The van der Waals surface area contributed by atoms with Gasteiger partial charge in [0.25, 0.3) is 0 Å². The third kappa shape index (κ3) is 2.92. The molecule has 2 aliphatic rings. The number of hydrogen-bond donors (Lipinski definition) is 1. The number of rotatable bonds is 1. The fourth-order valence-corrected chi connectivity index (χ4v) is 4.24. The zero-order valence-electron chi connectivity index (χ0n) is 9.20. The van der Waals surface area contributed by atoms with Crippen LogP contribution < -0.4 is 5.32 Å². The molecule has 2 unspecified atom stereocenters. The molecule has 17 heavy (non-hydrogen) atoms. The van der Waals surface area contributed by atoms with Gasteiger partial charge in [0.05, 0.1) is 11.5 Å². The number of nitrogens with zero attached hydrogens (tertiary/aromatic N) is 1. The molecule has 2 fully saturated rings. The summed E-state index contributed by atoms with van der Waals surface area (Å²) in [6.07, 6.45) is -3.99. The highest BCUT2D eigenvalue weighted by molar-refractivity contribution is 7.91. The fraction of sp³-hybridized carbons (Fsp3) is 1.00. The second-order valence-corrected chi connectivity index (χ2v) is 6.78. The largest absolute Gasteiger partial charge is 0.405 e. The van der Waals surface area contributed by atoms with E-state index >= 15 is 0 Å². The Morgan fingerprint density at radius 1 is 1.29 bits per heavy atom. The third-order valence-corrected chi connectivity index (χ3v) is 5.09. The third-order valence-electron chi connectivity index (χ3n) is 3.34. The van der Waals surface area contributed by atoms with Gasteiger partial charge in [0.15, 0.2) is 9.84 Å². The van der Waals surface area contributed by atoms with Crippen molar-refractivity contribution in [1.82, 2.24) is 10.2 Å². The Hall–Kier alpha value is -0.340. The van der Waals surface area contributed by atoms with E-state index in [0.29, 0.717) is 13.0 Å². The van der Waals surface area contributed by atoms with Crippen molar-refractivity contribution in [2.24, 2.45) is 0 Å². The highest BCUT2D eigenvalue weighted by Gasteiger charge is 2.48. The van der Waals surface area contributed by atoms with Crippen molar-refractivity contribution in [3.63, 3.8) is 0 Å². The van der Waals surface area contributed by atoms with E-state index in [-0.39, 0.29) is 24.6 Å². The summed E-state index contributed by atoms with van der Waals surface area (Å²) in [5.41, 5.74) is 0. The lowest BCUT2D eigenvalue weighted by atomic mass is 10.1. The van der Waals surface area contributed by atoms with Crippen LogP contribution in [0.1, 0.15) is 6.42 Å². The van der Waals surface area contributed by atoms with Crippen molar-refractivity contribution in [2.45, 2.75) is 24.7 Å². The summed E-state index contributed by atoms with van der Waals surface area (Å²) in [7, 11) is -3.14. The van der Waals surface area contributed by atoms with Crippen molar-refractivity contribution in [3.05, 3.63) is 0 Å². The maximum atomic E-state index is 12.8. The van der Waals surface area contributed by atoms with Crippen LogP contribution in [0.15, 0.2) is 0 Å². The zero-order valence-corrected chi connectivity index (χ0v) is 10.0. The number of hydrogen-bond acceptors (Lipinski definition) is 4. The minimum atomic E-state index is -4.31.